The molecule has 1 aliphatic carbocycles. The van der Waals surface area contributed by atoms with E-state index >= 15 is 0 Å². The van der Waals surface area contributed by atoms with Gasteiger partial charge in [-0.1, -0.05) is 25.0 Å². The largest absolute Gasteiger partial charge is 0.481 e. The van der Waals surface area contributed by atoms with Crippen LogP contribution in [-0.2, 0) is 9.59 Å². The number of carboxylic acid groups (broad SMARTS) is 1. The van der Waals surface area contributed by atoms with Crippen molar-refractivity contribution in [2.24, 2.45) is 11.8 Å². The molecule has 0 aliphatic heterocycles. The summed E-state index contributed by atoms with van der Waals surface area (Å²) in [5.74, 6) is -2.38. The van der Waals surface area contributed by atoms with Crippen molar-refractivity contribution in [1.82, 2.24) is 0 Å². The molecule has 0 heterocycles. The summed E-state index contributed by atoms with van der Waals surface area (Å²) in [5.41, 5.74) is 1.05. The predicted octanol–water partition coefficient (Wildman–Crippen LogP) is 2.72. The fourth-order valence-corrected chi connectivity index (χ4v) is 2.79. The van der Waals surface area contributed by atoms with E-state index in [1.54, 1.807) is 24.3 Å². The maximum atomic E-state index is 12.3. The molecule has 0 saturated heterocycles. The van der Waals surface area contributed by atoms with Gasteiger partial charge in [-0.2, -0.15) is 0 Å². The Labute approximate surface area is 123 Å². The molecule has 2 atom stereocenters. The van der Waals surface area contributed by atoms with Gasteiger partial charge in [0.15, 0.2) is 5.78 Å². The van der Waals surface area contributed by atoms with Crippen molar-refractivity contribution in [2.75, 3.05) is 5.32 Å². The number of hydrogen-bond acceptors (Lipinski definition) is 3. The van der Waals surface area contributed by atoms with E-state index in [9.17, 15) is 19.5 Å². The lowest BCUT2D eigenvalue weighted by atomic mass is 9.78. The van der Waals surface area contributed by atoms with E-state index in [4.69, 9.17) is 0 Å². The SMILES string of the molecule is CC(=O)c1cccc(NC(=O)[C@H]2CCCC[C@H]2C(=O)O)c1. The second-order valence-corrected chi connectivity index (χ2v) is 5.46. The molecule has 0 unspecified atom stereocenters. The van der Waals surface area contributed by atoms with Crippen LogP contribution in [0.15, 0.2) is 24.3 Å². The molecule has 2 N–H and O–H groups in total. The fourth-order valence-electron chi connectivity index (χ4n) is 2.79. The summed E-state index contributed by atoms with van der Waals surface area (Å²) in [7, 11) is 0. The first-order chi connectivity index (χ1) is 9.99. The van der Waals surface area contributed by atoms with Gasteiger partial charge in [-0.25, -0.2) is 0 Å². The highest BCUT2D eigenvalue weighted by molar-refractivity contribution is 5.98. The number of benzene rings is 1. The summed E-state index contributed by atoms with van der Waals surface area (Å²) in [6.45, 7) is 1.46. The third-order valence-corrected chi connectivity index (χ3v) is 3.96. The molecular formula is C16H19NO4. The molecule has 1 amide bonds. The minimum Gasteiger partial charge on any atom is -0.481 e. The highest BCUT2D eigenvalue weighted by atomic mass is 16.4. The summed E-state index contributed by atoms with van der Waals surface area (Å²) in [6.07, 6.45) is 2.85. The van der Waals surface area contributed by atoms with E-state index in [1.807, 2.05) is 0 Å². The minimum absolute atomic E-state index is 0.0767. The number of carboxylic acids is 1. The van der Waals surface area contributed by atoms with Crippen LogP contribution in [0, 0.1) is 11.8 Å². The first-order valence-electron chi connectivity index (χ1n) is 7.13. The third-order valence-electron chi connectivity index (χ3n) is 3.96. The minimum atomic E-state index is -0.910. The van der Waals surface area contributed by atoms with Gasteiger partial charge < -0.3 is 10.4 Å². The molecule has 2 rings (SSSR count). The van der Waals surface area contributed by atoms with Crippen LogP contribution in [0.25, 0.3) is 0 Å². The first-order valence-corrected chi connectivity index (χ1v) is 7.13. The van der Waals surface area contributed by atoms with Crippen LogP contribution in [0.1, 0.15) is 43.0 Å². The second kappa shape index (κ2) is 6.52. The summed E-state index contributed by atoms with van der Waals surface area (Å²) < 4.78 is 0. The summed E-state index contributed by atoms with van der Waals surface area (Å²) in [5, 5.41) is 12.0. The molecule has 1 fully saturated rings. The van der Waals surface area contributed by atoms with Crippen LogP contribution in [-0.4, -0.2) is 22.8 Å². The Morgan fingerprint density at radius 2 is 1.81 bits per heavy atom. The highest BCUT2D eigenvalue weighted by Crippen LogP contribution is 2.31. The standard InChI is InChI=1S/C16H19NO4/c1-10(18)11-5-4-6-12(9-11)17-15(19)13-7-2-3-8-14(13)16(20)21/h4-6,9,13-14H,2-3,7-8H2,1H3,(H,17,19)(H,20,21)/t13-,14+/m0/s1. The number of hydrogen-bond donors (Lipinski definition) is 2. The van der Waals surface area contributed by atoms with Gasteiger partial charge in [-0.3, -0.25) is 14.4 Å². The van der Waals surface area contributed by atoms with E-state index < -0.39 is 17.8 Å². The van der Waals surface area contributed by atoms with E-state index in [0.717, 1.165) is 12.8 Å². The number of nitrogens with one attached hydrogen (secondary N) is 1. The van der Waals surface area contributed by atoms with Gasteiger partial charge in [0.1, 0.15) is 0 Å². The molecule has 0 bridgehead atoms. The maximum Gasteiger partial charge on any atom is 0.307 e. The van der Waals surface area contributed by atoms with Crippen molar-refractivity contribution in [3.8, 4) is 0 Å². The van der Waals surface area contributed by atoms with Crippen LogP contribution < -0.4 is 5.32 Å². The number of aliphatic carboxylic acids is 1. The summed E-state index contributed by atoms with van der Waals surface area (Å²) in [4.78, 5) is 34.9. The normalized spacial score (nSPS) is 21.6. The lowest BCUT2D eigenvalue weighted by Gasteiger charge is -2.27. The van der Waals surface area contributed by atoms with Crippen LogP contribution in [0.5, 0.6) is 0 Å². The zero-order valence-electron chi connectivity index (χ0n) is 12.0. The Hall–Kier alpha value is -2.17. The molecule has 0 spiro atoms. The number of carbonyl (C=O) groups is 3. The fraction of sp³-hybridized carbons (Fsp3) is 0.438. The van der Waals surface area contributed by atoms with E-state index in [2.05, 4.69) is 5.32 Å². The molecule has 112 valence electrons. The predicted molar refractivity (Wildman–Crippen MR) is 78.2 cm³/mol. The van der Waals surface area contributed by atoms with Crippen molar-refractivity contribution in [3.63, 3.8) is 0 Å². The molecule has 5 nitrogen and oxygen atoms in total. The van der Waals surface area contributed by atoms with Crippen molar-refractivity contribution in [3.05, 3.63) is 29.8 Å². The van der Waals surface area contributed by atoms with Crippen molar-refractivity contribution < 1.29 is 19.5 Å². The zero-order chi connectivity index (χ0) is 15.4. The maximum absolute atomic E-state index is 12.3. The number of Topliss-reactive ketones (excluding diaryl/α,β-unsaturated/α-hetero) is 1. The molecule has 21 heavy (non-hydrogen) atoms. The quantitative estimate of drug-likeness (QED) is 0.835. The van der Waals surface area contributed by atoms with Gasteiger partial charge in [-0.05, 0) is 31.9 Å². The van der Waals surface area contributed by atoms with Crippen LogP contribution in [0.3, 0.4) is 0 Å². The average molecular weight is 289 g/mol. The number of rotatable bonds is 4. The summed E-state index contributed by atoms with van der Waals surface area (Å²) in [6, 6.07) is 6.68. The van der Waals surface area contributed by atoms with Crippen molar-refractivity contribution >= 4 is 23.3 Å². The zero-order valence-corrected chi connectivity index (χ0v) is 12.0. The Morgan fingerprint density at radius 1 is 1.14 bits per heavy atom. The van der Waals surface area contributed by atoms with Crippen molar-refractivity contribution in [1.29, 1.82) is 0 Å². The van der Waals surface area contributed by atoms with Crippen molar-refractivity contribution in [2.45, 2.75) is 32.6 Å². The molecule has 1 saturated carbocycles. The van der Waals surface area contributed by atoms with E-state index in [0.29, 0.717) is 24.1 Å². The van der Waals surface area contributed by atoms with Gasteiger partial charge in [0.05, 0.1) is 11.8 Å². The van der Waals surface area contributed by atoms with Gasteiger partial charge in [-0.15, -0.1) is 0 Å². The molecule has 0 aromatic heterocycles. The molecule has 1 aliphatic rings. The lowest BCUT2D eigenvalue weighted by Crippen LogP contribution is -2.36. The summed E-state index contributed by atoms with van der Waals surface area (Å²) >= 11 is 0. The van der Waals surface area contributed by atoms with Gasteiger partial charge in [0.2, 0.25) is 5.91 Å². The molecule has 0 radical (unpaired) electrons. The lowest BCUT2D eigenvalue weighted by molar-refractivity contribution is -0.147. The highest BCUT2D eigenvalue weighted by Gasteiger charge is 2.35. The molecular weight excluding hydrogens is 270 g/mol. The number of carbonyl (C=O) groups excluding carboxylic acids is 2. The number of amides is 1. The number of ketones is 1. The topological polar surface area (TPSA) is 83.5 Å². The second-order valence-electron chi connectivity index (χ2n) is 5.46. The van der Waals surface area contributed by atoms with Gasteiger partial charge in [0.25, 0.3) is 0 Å². The van der Waals surface area contributed by atoms with Crippen LogP contribution >= 0.6 is 0 Å². The van der Waals surface area contributed by atoms with Gasteiger partial charge in [0, 0.05) is 11.3 Å². The van der Waals surface area contributed by atoms with E-state index in [-0.39, 0.29) is 11.7 Å². The van der Waals surface area contributed by atoms with E-state index in [1.165, 1.54) is 6.92 Å². The molecule has 5 heteroatoms. The third kappa shape index (κ3) is 3.68. The Kier molecular flexibility index (Phi) is 4.73. The van der Waals surface area contributed by atoms with Crippen LogP contribution in [0.4, 0.5) is 5.69 Å². The molecule has 1 aromatic carbocycles. The Morgan fingerprint density at radius 3 is 2.43 bits per heavy atom. The Bertz CT molecular complexity index is 567. The first kappa shape index (κ1) is 15.2. The smallest absolute Gasteiger partial charge is 0.307 e. The molecule has 1 aromatic rings. The Balaban J connectivity index is 2.11. The monoisotopic (exact) mass is 289 g/mol. The van der Waals surface area contributed by atoms with Crippen LogP contribution in [0.2, 0.25) is 0 Å². The number of anilines is 1. The average Bonchev–Trinajstić information content (AvgIpc) is 2.47. The van der Waals surface area contributed by atoms with Gasteiger partial charge >= 0.3 is 5.97 Å².